The number of piperazine rings is 1. The van der Waals surface area contributed by atoms with E-state index in [9.17, 15) is 4.79 Å². The van der Waals surface area contributed by atoms with Gasteiger partial charge in [0.1, 0.15) is 5.75 Å². The van der Waals surface area contributed by atoms with Crippen LogP contribution in [-0.2, 0) is 11.2 Å². The van der Waals surface area contributed by atoms with E-state index >= 15 is 0 Å². The van der Waals surface area contributed by atoms with Gasteiger partial charge in [0.15, 0.2) is 0 Å². The number of hydrogen-bond donors (Lipinski definition) is 2. The number of hydrogen-bond acceptors (Lipinski definition) is 8. The highest BCUT2D eigenvalue weighted by Gasteiger charge is 2.23. The summed E-state index contributed by atoms with van der Waals surface area (Å²) < 4.78 is 6.86. The van der Waals surface area contributed by atoms with E-state index in [0.717, 1.165) is 59.8 Å². The SMILES string of the molecule is C=CC(=O)Nc1cc(Nc2nc(C3=CCc4ccccc43)c3sccc3n2)c(OC)cc1N1CCN(C)CC1. The van der Waals surface area contributed by atoms with Gasteiger partial charge in [0.05, 0.1) is 40.1 Å². The van der Waals surface area contributed by atoms with E-state index in [2.05, 4.69) is 64.4 Å². The molecule has 3 heterocycles. The van der Waals surface area contributed by atoms with Crippen molar-refractivity contribution >= 4 is 56.0 Å². The van der Waals surface area contributed by atoms with E-state index in [1.54, 1.807) is 18.4 Å². The van der Waals surface area contributed by atoms with Gasteiger partial charge in [0.2, 0.25) is 11.9 Å². The molecule has 198 valence electrons. The molecule has 2 aromatic heterocycles. The number of likely N-dealkylation sites (N-methyl/N-ethyl adjacent to an activating group) is 1. The van der Waals surface area contributed by atoms with Gasteiger partial charge in [-0.3, -0.25) is 4.79 Å². The van der Waals surface area contributed by atoms with Gasteiger partial charge in [0.25, 0.3) is 0 Å². The summed E-state index contributed by atoms with van der Waals surface area (Å²) in [5.74, 6) is 0.834. The zero-order valence-electron chi connectivity index (χ0n) is 22.0. The predicted molar refractivity (Wildman–Crippen MR) is 159 cm³/mol. The van der Waals surface area contributed by atoms with Crippen molar-refractivity contribution in [3.05, 3.63) is 83.4 Å². The summed E-state index contributed by atoms with van der Waals surface area (Å²) >= 11 is 1.64. The Hall–Kier alpha value is -4.21. The van der Waals surface area contributed by atoms with Gasteiger partial charge in [-0.2, -0.15) is 0 Å². The van der Waals surface area contributed by atoms with Crippen LogP contribution in [-0.4, -0.2) is 61.1 Å². The minimum atomic E-state index is -0.272. The highest BCUT2D eigenvalue weighted by Crippen LogP contribution is 2.40. The van der Waals surface area contributed by atoms with Crippen LogP contribution in [0, 0.1) is 0 Å². The fraction of sp³-hybridized carbons (Fsp3) is 0.233. The topological polar surface area (TPSA) is 82.6 Å². The monoisotopic (exact) mass is 538 g/mol. The number of ether oxygens (including phenoxy) is 1. The lowest BCUT2D eigenvalue weighted by Crippen LogP contribution is -2.44. The Morgan fingerprint density at radius 2 is 1.92 bits per heavy atom. The molecule has 2 N–H and O–H groups in total. The molecule has 9 heteroatoms. The summed E-state index contributed by atoms with van der Waals surface area (Å²) in [4.78, 5) is 26.7. The summed E-state index contributed by atoms with van der Waals surface area (Å²) in [6.45, 7) is 7.20. The third-order valence-electron chi connectivity index (χ3n) is 7.24. The van der Waals surface area contributed by atoms with E-state index in [4.69, 9.17) is 14.7 Å². The van der Waals surface area contributed by atoms with Gasteiger partial charge < -0.3 is 25.2 Å². The number of methoxy groups -OCH3 is 1. The first-order chi connectivity index (χ1) is 19.0. The molecule has 2 aliphatic rings. The summed E-state index contributed by atoms with van der Waals surface area (Å²) in [7, 11) is 3.76. The second-order valence-corrected chi connectivity index (χ2v) is 10.6. The van der Waals surface area contributed by atoms with E-state index < -0.39 is 0 Å². The molecule has 1 amide bonds. The zero-order chi connectivity index (χ0) is 26.9. The van der Waals surface area contributed by atoms with E-state index in [0.29, 0.717) is 23.1 Å². The lowest BCUT2D eigenvalue weighted by atomic mass is 10.0. The number of carbonyl (C=O) groups excluding carboxylic acids is 1. The maximum absolute atomic E-state index is 12.4. The van der Waals surface area contributed by atoms with E-state index in [1.807, 2.05) is 23.6 Å². The first-order valence-corrected chi connectivity index (χ1v) is 13.8. The Kier molecular flexibility index (Phi) is 6.76. The lowest BCUT2D eigenvalue weighted by Gasteiger charge is -2.35. The average molecular weight is 539 g/mol. The fourth-order valence-corrected chi connectivity index (χ4v) is 5.99. The van der Waals surface area contributed by atoms with Crippen molar-refractivity contribution in [1.82, 2.24) is 14.9 Å². The van der Waals surface area contributed by atoms with E-state index in [-0.39, 0.29) is 5.91 Å². The molecule has 1 fully saturated rings. The summed E-state index contributed by atoms with van der Waals surface area (Å²) in [6, 6.07) is 14.3. The van der Waals surface area contributed by atoms with Gasteiger partial charge in [-0.25, -0.2) is 9.97 Å². The van der Waals surface area contributed by atoms with Crippen LogP contribution in [0.15, 0.2) is 66.6 Å². The number of benzene rings is 2. The second-order valence-electron chi connectivity index (χ2n) is 9.69. The van der Waals surface area contributed by atoms with Gasteiger partial charge >= 0.3 is 0 Å². The van der Waals surface area contributed by atoms with Crippen molar-refractivity contribution in [3.8, 4) is 5.75 Å². The quantitative estimate of drug-likeness (QED) is 0.309. The van der Waals surface area contributed by atoms with Crippen molar-refractivity contribution in [3.63, 3.8) is 0 Å². The summed E-state index contributed by atoms with van der Waals surface area (Å²) in [5.41, 5.74) is 7.67. The number of anilines is 4. The third-order valence-corrected chi connectivity index (χ3v) is 8.15. The number of thiophene rings is 1. The molecule has 0 bridgehead atoms. The van der Waals surface area contributed by atoms with Gasteiger partial charge in [-0.1, -0.05) is 36.9 Å². The highest BCUT2D eigenvalue weighted by molar-refractivity contribution is 7.17. The molecular weight excluding hydrogens is 508 g/mol. The lowest BCUT2D eigenvalue weighted by molar-refractivity contribution is -0.111. The molecule has 0 spiro atoms. The average Bonchev–Trinajstić information content (AvgIpc) is 3.61. The van der Waals surface area contributed by atoms with Crippen LogP contribution in [0.1, 0.15) is 16.8 Å². The molecule has 8 nitrogen and oxygen atoms in total. The van der Waals surface area contributed by atoms with Crippen LogP contribution in [0.25, 0.3) is 15.8 Å². The van der Waals surface area contributed by atoms with E-state index in [1.165, 1.54) is 17.2 Å². The predicted octanol–water partition coefficient (Wildman–Crippen LogP) is 5.31. The molecule has 0 atom stereocenters. The fourth-order valence-electron chi connectivity index (χ4n) is 5.16. The first-order valence-electron chi connectivity index (χ1n) is 12.9. The van der Waals surface area contributed by atoms with Crippen LogP contribution in [0.3, 0.4) is 0 Å². The molecule has 0 unspecified atom stereocenters. The van der Waals surface area contributed by atoms with Crippen molar-refractivity contribution < 1.29 is 9.53 Å². The molecule has 1 aliphatic heterocycles. The Labute approximate surface area is 231 Å². The van der Waals surface area contributed by atoms with Crippen LogP contribution in [0.5, 0.6) is 5.75 Å². The standard InChI is InChI=1S/C30H30N6O2S/c1-4-27(37)31-23-17-24(26(38-3)18-25(23)36-14-12-35(2)13-15-36)33-30-32-22-11-16-39-29(22)28(34-30)21-10-9-19-7-5-6-8-20(19)21/h4-8,10-11,16-18H,1,9,12-15H2,2-3H3,(H,31,37)(H,32,33,34). The number of rotatable bonds is 7. The number of nitrogens with one attached hydrogen (secondary N) is 2. The van der Waals surface area contributed by atoms with Crippen molar-refractivity contribution in [1.29, 1.82) is 0 Å². The molecule has 4 aromatic rings. The summed E-state index contributed by atoms with van der Waals surface area (Å²) in [5, 5.41) is 8.42. The number of aromatic nitrogens is 2. The summed E-state index contributed by atoms with van der Waals surface area (Å²) in [6.07, 6.45) is 4.40. The Balaban J connectivity index is 1.40. The number of fused-ring (bicyclic) bond motifs is 2. The van der Waals surface area contributed by atoms with Crippen molar-refractivity contribution in [2.24, 2.45) is 0 Å². The number of amides is 1. The zero-order valence-corrected chi connectivity index (χ0v) is 22.8. The molecule has 1 aliphatic carbocycles. The maximum atomic E-state index is 12.4. The molecular formula is C30H30N6O2S. The number of carbonyl (C=O) groups is 1. The first kappa shape index (κ1) is 25.1. The van der Waals surface area contributed by atoms with Crippen molar-refractivity contribution in [2.75, 3.05) is 55.9 Å². The van der Waals surface area contributed by atoms with Gasteiger partial charge in [-0.15, -0.1) is 11.3 Å². The Morgan fingerprint density at radius 1 is 1.10 bits per heavy atom. The highest BCUT2D eigenvalue weighted by atomic mass is 32.1. The molecule has 39 heavy (non-hydrogen) atoms. The normalized spacial score (nSPS) is 15.1. The van der Waals surface area contributed by atoms with Gasteiger partial charge in [-0.05, 0) is 48.2 Å². The van der Waals surface area contributed by atoms with Crippen LogP contribution in [0.2, 0.25) is 0 Å². The van der Waals surface area contributed by atoms with Crippen LogP contribution in [0.4, 0.5) is 23.0 Å². The number of allylic oxidation sites excluding steroid dienone is 1. The second kappa shape index (κ2) is 10.5. The molecule has 2 aromatic carbocycles. The molecule has 1 saturated heterocycles. The Bertz CT molecular complexity index is 1600. The maximum Gasteiger partial charge on any atom is 0.247 e. The molecule has 6 rings (SSSR count). The largest absolute Gasteiger partial charge is 0.494 e. The molecule has 0 radical (unpaired) electrons. The molecule has 0 saturated carbocycles. The number of nitrogens with zero attached hydrogens (tertiary/aromatic N) is 4. The van der Waals surface area contributed by atoms with Gasteiger partial charge in [0, 0.05) is 37.8 Å². The Morgan fingerprint density at radius 3 is 2.72 bits per heavy atom. The van der Waals surface area contributed by atoms with Crippen molar-refractivity contribution in [2.45, 2.75) is 6.42 Å². The third kappa shape index (κ3) is 4.86. The smallest absolute Gasteiger partial charge is 0.247 e. The van der Waals surface area contributed by atoms with Crippen LogP contribution >= 0.6 is 11.3 Å². The minimum Gasteiger partial charge on any atom is -0.494 e. The van der Waals surface area contributed by atoms with Crippen LogP contribution < -0.4 is 20.3 Å². The minimum absolute atomic E-state index is 0.272.